The Balaban J connectivity index is 1.58. The molecule has 1 aromatic heterocycles. The molecule has 0 aliphatic rings. The number of aliphatic imine (C=N–C) groups is 1. The van der Waals surface area contributed by atoms with Crippen LogP contribution < -0.4 is 16.0 Å². The molecule has 5 nitrogen and oxygen atoms in total. The molecule has 0 saturated carbocycles. The average molecular weight is 372 g/mol. The lowest BCUT2D eigenvalue weighted by molar-refractivity contribution is 0.757. The number of hydrogen-bond acceptors (Lipinski definition) is 4. The van der Waals surface area contributed by atoms with Gasteiger partial charge in [-0.3, -0.25) is 4.99 Å². The van der Waals surface area contributed by atoms with Gasteiger partial charge in [0.05, 0.1) is 0 Å². The van der Waals surface area contributed by atoms with Gasteiger partial charge in [0, 0.05) is 43.0 Å². The third-order valence-corrected chi connectivity index (χ3v) is 4.59. The van der Waals surface area contributed by atoms with Crippen LogP contribution in [-0.4, -0.2) is 42.9 Å². The van der Waals surface area contributed by atoms with E-state index in [1.54, 1.807) is 6.20 Å². The number of nitrogens with zero attached hydrogens (tertiary/aromatic N) is 2. The second-order valence-electron chi connectivity index (χ2n) is 5.70. The molecule has 0 spiro atoms. The maximum absolute atomic E-state index is 4.64. The van der Waals surface area contributed by atoms with E-state index >= 15 is 0 Å². The van der Waals surface area contributed by atoms with Crippen molar-refractivity contribution in [3.05, 3.63) is 54.7 Å². The lowest BCUT2D eigenvalue weighted by Gasteiger charge is -2.11. The first-order chi connectivity index (χ1) is 12.9. The van der Waals surface area contributed by atoms with Crippen LogP contribution in [0.2, 0.25) is 0 Å². The SMILES string of the molecule is CCNC(=NCCCCNc1ccccn1)NCCSc1ccccc1. The Morgan fingerprint density at radius 3 is 2.62 bits per heavy atom. The Bertz CT molecular complexity index is 619. The molecule has 26 heavy (non-hydrogen) atoms. The molecule has 0 fully saturated rings. The molecule has 3 N–H and O–H groups in total. The molecule has 0 aliphatic carbocycles. The number of rotatable bonds is 11. The fourth-order valence-corrected chi connectivity index (χ4v) is 3.10. The predicted molar refractivity (Wildman–Crippen MR) is 113 cm³/mol. The number of pyridine rings is 1. The van der Waals surface area contributed by atoms with E-state index in [9.17, 15) is 0 Å². The van der Waals surface area contributed by atoms with Gasteiger partial charge in [-0.15, -0.1) is 11.8 Å². The van der Waals surface area contributed by atoms with E-state index < -0.39 is 0 Å². The Morgan fingerprint density at radius 2 is 1.85 bits per heavy atom. The zero-order valence-corrected chi connectivity index (χ0v) is 16.3. The van der Waals surface area contributed by atoms with Crippen LogP contribution in [0.25, 0.3) is 0 Å². The summed E-state index contributed by atoms with van der Waals surface area (Å²) in [7, 11) is 0. The maximum Gasteiger partial charge on any atom is 0.191 e. The highest BCUT2D eigenvalue weighted by atomic mass is 32.2. The van der Waals surface area contributed by atoms with Gasteiger partial charge in [0.25, 0.3) is 0 Å². The first-order valence-electron chi connectivity index (χ1n) is 9.23. The number of thioether (sulfide) groups is 1. The summed E-state index contributed by atoms with van der Waals surface area (Å²) in [6.45, 7) is 5.60. The summed E-state index contributed by atoms with van der Waals surface area (Å²) in [6.07, 6.45) is 3.93. The van der Waals surface area contributed by atoms with Crippen molar-refractivity contribution in [2.75, 3.05) is 37.2 Å². The van der Waals surface area contributed by atoms with Gasteiger partial charge in [-0.2, -0.15) is 0 Å². The van der Waals surface area contributed by atoms with E-state index in [1.807, 2.05) is 36.0 Å². The number of benzene rings is 1. The van der Waals surface area contributed by atoms with Crippen molar-refractivity contribution in [3.8, 4) is 0 Å². The molecule has 0 atom stereocenters. The van der Waals surface area contributed by atoms with Crippen molar-refractivity contribution in [1.82, 2.24) is 15.6 Å². The standard InChI is InChI=1S/C20H29N5S/c1-2-21-20(25-16-17-26-18-10-4-3-5-11-18)24-15-9-8-14-23-19-12-6-7-13-22-19/h3-7,10-13H,2,8-9,14-17H2,1H3,(H,22,23)(H2,21,24,25). The minimum atomic E-state index is 0.824. The van der Waals surface area contributed by atoms with Gasteiger partial charge in [-0.05, 0) is 44.0 Å². The molecule has 1 heterocycles. The van der Waals surface area contributed by atoms with E-state index in [1.165, 1.54) is 4.90 Å². The predicted octanol–water partition coefficient (Wildman–Crippen LogP) is 3.62. The van der Waals surface area contributed by atoms with Crippen LogP contribution in [0.1, 0.15) is 19.8 Å². The first kappa shape index (κ1) is 20.1. The van der Waals surface area contributed by atoms with Gasteiger partial charge >= 0.3 is 0 Å². The fraction of sp³-hybridized carbons (Fsp3) is 0.400. The largest absolute Gasteiger partial charge is 0.370 e. The van der Waals surface area contributed by atoms with Gasteiger partial charge in [-0.1, -0.05) is 24.3 Å². The summed E-state index contributed by atoms with van der Waals surface area (Å²) in [5.41, 5.74) is 0. The van der Waals surface area contributed by atoms with Crippen molar-refractivity contribution < 1.29 is 0 Å². The number of anilines is 1. The molecular formula is C20H29N5S. The van der Waals surface area contributed by atoms with Gasteiger partial charge in [0.2, 0.25) is 0 Å². The van der Waals surface area contributed by atoms with Crippen molar-refractivity contribution in [2.24, 2.45) is 4.99 Å². The smallest absolute Gasteiger partial charge is 0.191 e. The zero-order chi connectivity index (χ0) is 18.3. The number of nitrogens with one attached hydrogen (secondary N) is 3. The normalized spacial score (nSPS) is 11.2. The Labute approximate surface area is 161 Å². The molecular weight excluding hydrogens is 342 g/mol. The molecule has 0 unspecified atom stereocenters. The van der Waals surface area contributed by atoms with Crippen LogP contribution in [0.3, 0.4) is 0 Å². The quantitative estimate of drug-likeness (QED) is 0.244. The highest BCUT2D eigenvalue weighted by molar-refractivity contribution is 7.99. The molecule has 2 rings (SSSR count). The van der Waals surface area contributed by atoms with E-state index in [2.05, 4.69) is 57.1 Å². The summed E-state index contributed by atoms with van der Waals surface area (Å²) >= 11 is 1.85. The number of aromatic nitrogens is 1. The van der Waals surface area contributed by atoms with E-state index in [0.717, 1.165) is 56.6 Å². The number of unbranched alkanes of at least 4 members (excludes halogenated alkanes) is 1. The lowest BCUT2D eigenvalue weighted by Crippen LogP contribution is -2.38. The highest BCUT2D eigenvalue weighted by Gasteiger charge is 1.98. The highest BCUT2D eigenvalue weighted by Crippen LogP contribution is 2.15. The Kier molecular flexibility index (Phi) is 10.1. The minimum Gasteiger partial charge on any atom is -0.370 e. The van der Waals surface area contributed by atoms with E-state index in [-0.39, 0.29) is 0 Å². The molecule has 0 amide bonds. The first-order valence-corrected chi connectivity index (χ1v) is 10.2. The lowest BCUT2D eigenvalue weighted by atomic mass is 10.3. The molecule has 0 aliphatic heterocycles. The van der Waals surface area contributed by atoms with Crippen molar-refractivity contribution in [1.29, 1.82) is 0 Å². The van der Waals surface area contributed by atoms with Crippen molar-refractivity contribution in [3.63, 3.8) is 0 Å². The topological polar surface area (TPSA) is 61.3 Å². The van der Waals surface area contributed by atoms with Crippen LogP contribution in [0.5, 0.6) is 0 Å². The average Bonchev–Trinajstić information content (AvgIpc) is 2.69. The van der Waals surface area contributed by atoms with Gasteiger partial charge < -0.3 is 16.0 Å². The van der Waals surface area contributed by atoms with Crippen LogP contribution in [-0.2, 0) is 0 Å². The Hall–Kier alpha value is -2.21. The van der Waals surface area contributed by atoms with E-state index in [0.29, 0.717) is 0 Å². The van der Waals surface area contributed by atoms with Gasteiger partial charge in [0.1, 0.15) is 5.82 Å². The fourth-order valence-electron chi connectivity index (χ4n) is 2.31. The summed E-state index contributed by atoms with van der Waals surface area (Å²) in [5.74, 6) is 2.85. The third kappa shape index (κ3) is 8.76. The molecule has 0 radical (unpaired) electrons. The van der Waals surface area contributed by atoms with Crippen molar-refractivity contribution in [2.45, 2.75) is 24.7 Å². The van der Waals surface area contributed by atoms with Crippen molar-refractivity contribution >= 4 is 23.5 Å². The van der Waals surface area contributed by atoms with Gasteiger partial charge in [0.15, 0.2) is 5.96 Å². The molecule has 0 saturated heterocycles. The monoisotopic (exact) mass is 371 g/mol. The number of guanidine groups is 1. The van der Waals surface area contributed by atoms with Crippen LogP contribution in [0, 0.1) is 0 Å². The minimum absolute atomic E-state index is 0.824. The second-order valence-corrected chi connectivity index (χ2v) is 6.87. The summed E-state index contributed by atoms with van der Waals surface area (Å²) in [5, 5.41) is 10.0. The molecule has 0 bridgehead atoms. The van der Waals surface area contributed by atoms with E-state index in [4.69, 9.17) is 0 Å². The summed E-state index contributed by atoms with van der Waals surface area (Å²) in [6, 6.07) is 16.4. The van der Waals surface area contributed by atoms with Crippen LogP contribution >= 0.6 is 11.8 Å². The molecule has 1 aromatic carbocycles. The zero-order valence-electron chi connectivity index (χ0n) is 15.4. The van der Waals surface area contributed by atoms with Crippen LogP contribution in [0.15, 0.2) is 64.6 Å². The molecule has 2 aromatic rings. The molecule has 6 heteroatoms. The summed E-state index contributed by atoms with van der Waals surface area (Å²) in [4.78, 5) is 10.2. The van der Waals surface area contributed by atoms with Crippen LogP contribution in [0.4, 0.5) is 5.82 Å². The maximum atomic E-state index is 4.64. The summed E-state index contributed by atoms with van der Waals surface area (Å²) < 4.78 is 0. The second kappa shape index (κ2) is 13.1. The number of hydrogen-bond donors (Lipinski definition) is 3. The molecule has 140 valence electrons. The third-order valence-electron chi connectivity index (χ3n) is 3.58. The Morgan fingerprint density at radius 1 is 1.00 bits per heavy atom. The van der Waals surface area contributed by atoms with Gasteiger partial charge in [-0.25, -0.2) is 4.98 Å².